The van der Waals surface area contributed by atoms with E-state index in [-0.39, 0.29) is 17.5 Å². The van der Waals surface area contributed by atoms with E-state index in [1.807, 2.05) is 0 Å². The Kier molecular flexibility index (Phi) is 6.38. The molecule has 1 amide bonds. The highest BCUT2D eigenvalue weighted by Gasteiger charge is 2.27. The van der Waals surface area contributed by atoms with Crippen molar-refractivity contribution < 1.29 is 27.4 Å². The monoisotopic (exact) mass is 423 g/mol. The van der Waals surface area contributed by atoms with Crippen LogP contribution in [0, 0.1) is 5.82 Å². The first-order chi connectivity index (χ1) is 14.5. The summed E-state index contributed by atoms with van der Waals surface area (Å²) in [5.41, 5.74) is 0.578. The van der Waals surface area contributed by atoms with Gasteiger partial charge in [0.15, 0.2) is 11.6 Å². The number of alkyl halides is 2. The number of hydrogen-bond donors (Lipinski definition) is 1. The highest BCUT2D eigenvalue weighted by Crippen LogP contribution is 2.27. The maximum absolute atomic E-state index is 14.0. The Morgan fingerprint density at radius 1 is 1.17 bits per heavy atom. The predicted octanol–water partition coefficient (Wildman–Crippen LogP) is 3.35. The number of aromatic nitrogens is 1. The number of fused-ring (bicyclic) bond motifs is 1. The third kappa shape index (κ3) is 4.84. The van der Waals surface area contributed by atoms with E-state index in [0.29, 0.717) is 17.0 Å². The molecule has 1 N–H and O–H groups in total. The van der Waals surface area contributed by atoms with Crippen LogP contribution in [0.5, 0.6) is 5.75 Å². The van der Waals surface area contributed by atoms with Crippen LogP contribution in [0.2, 0.25) is 0 Å². The molecule has 1 aliphatic heterocycles. The lowest BCUT2D eigenvalue weighted by atomic mass is 9.89. The highest BCUT2D eigenvalue weighted by molar-refractivity contribution is 5.97. The topological polar surface area (TPSA) is 63.7 Å². The number of morpholine rings is 1. The van der Waals surface area contributed by atoms with Gasteiger partial charge in [0.2, 0.25) is 0 Å². The fourth-order valence-electron chi connectivity index (χ4n) is 4.24. The zero-order valence-electron chi connectivity index (χ0n) is 16.5. The van der Waals surface area contributed by atoms with Crippen molar-refractivity contribution in [1.29, 1.82) is 0 Å². The van der Waals surface area contributed by atoms with Crippen LogP contribution < -0.4 is 10.1 Å². The molecule has 2 aliphatic rings. The summed E-state index contributed by atoms with van der Waals surface area (Å²) >= 11 is 0. The summed E-state index contributed by atoms with van der Waals surface area (Å²) < 4.78 is 48.2. The Labute approximate surface area is 172 Å². The van der Waals surface area contributed by atoms with E-state index in [4.69, 9.17) is 4.74 Å². The molecule has 1 aromatic carbocycles. The van der Waals surface area contributed by atoms with E-state index < -0.39 is 18.2 Å². The van der Waals surface area contributed by atoms with Crippen molar-refractivity contribution in [3.63, 3.8) is 0 Å². The first-order valence-corrected chi connectivity index (χ1v) is 10.2. The molecule has 162 valence electrons. The van der Waals surface area contributed by atoms with E-state index in [1.54, 1.807) is 0 Å². The fourth-order valence-corrected chi connectivity index (χ4v) is 4.24. The molecule has 1 aliphatic carbocycles. The Morgan fingerprint density at radius 2 is 1.90 bits per heavy atom. The number of benzene rings is 1. The molecule has 2 fully saturated rings. The maximum Gasteiger partial charge on any atom is 0.387 e. The second kappa shape index (κ2) is 9.18. The molecule has 0 unspecified atom stereocenters. The first-order valence-electron chi connectivity index (χ1n) is 10.2. The zero-order chi connectivity index (χ0) is 21.1. The van der Waals surface area contributed by atoms with Crippen LogP contribution in [0.3, 0.4) is 0 Å². The number of carbonyl (C=O) groups excluding carboxylic acids is 1. The molecule has 0 bridgehead atoms. The van der Waals surface area contributed by atoms with Gasteiger partial charge in [-0.25, -0.2) is 4.39 Å². The smallest absolute Gasteiger partial charge is 0.387 e. The van der Waals surface area contributed by atoms with Crippen LogP contribution in [-0.2, 0) is 4.74 Å². The SMILES string of the molecule is O=C(NC1CCC(N2CCOCC2)CC1)c1cnc2cc(OC(F)F)c(F)cc2c1. The van der Waals surface area contributed by atoms with E-state index in [1.165, 1.54) is 12.3 Å². The van der Waals surface area contributed by atoms with Gasteiger partial charge in [-0.1, -0.05) is 0 Å². The number of nitrogens with one attached hydrogen (secondary N) is 1. The van der Waals surface area contributed by atoms with Gasteiger partial charge in [0.25, 0.3) is 5.91 Å². The lowest BCUT2D eigenvalue weighted by Gasteiger charge is -2.38. The Bertz CT molecular complexity index is 898. The highest BCUT2D eigenvalue weighted by atomic mass is 19.3. The van der Waals surface area contributed by atoms with E-state index in [2.05, 4.69) is 19.9 Å². The van der Waals surface area contributed by atoms with Crippen molar-refractivity contribution in [1.82, 2.24) is 15.2 Å². The number of carbonyl (C=O) groups is 1. The Hall–Kier alpha value is -2.39. The quantitative estimate of drug-likeness (QED) is 0.799. The van der Waals surface area contributed by atoms with Gasteiger partial charge in [0.05, 0.1) is 24.3 Å². The number of ether oxygens (including phenoxy) is 2. The van der Waals surface area contributed by atoms with Crippen molar-refractivity contribution >= 4 is 16.8 Å². The van der Waals surface area contributed by atoms with Gasteiger partial charge in [0.1, 0.15) is 0 Å². The van der Waals surface area contributed by atoms with Crippen molar-refractivity contribution in [3.8, 4) is 5.75 Å². The third-order valence-electron chi connectivity index (χ3n) is 5.81. The summed E-state index contributed by atoms with van der Waals surface area (Å²) in [6.07, 6.45) is 5.22. The van der Waals surface area contributed by atoms with Gasteiger partial charge in [-0.15, -0.1) is 0 Å². The second-order valence-corrected chi connectivity index (χ2v) is 7.71. The lowest BCUT2D eigenvalue weighted by Crippen LogP contribution is -2.47. The number of nitrogens with zero attached hydrogens (tertiary/aromatic N) is 2. The van der Waals surface area contributed by atoms with Crippen LogP contribution in [0.25, 0.3) is 10.9 Å². The minimum absolute atomic E-state index is 0.0871. The zero-order valence-corrected chi connectivity index (χ0v) is 16.5. The van der Waals surface area contributed by atoms with Gasteiger partial charge >= 0.3 is 6.61 Å². The normalized spacial score (nSPS) is 22.9. The molecule has 1 saturated carbocycles. The Morgan fingerprint density at radius 3 is 2.60 bits per heavy atom. The van der Waals surface area contributed by atoms with Crippen molar-refractivity contribution in [2.45, 2.75) is 44.4 Å². The predicted molar refractivity (Wildman–Crippen MR) is 104 cm³/mol. The molecule has 2 heterocycles. The van der Waals surface area contributed by atoms with Crippen molar-refractivity contribution in [3.05, 3.63) is 35.8 Å². The van der Waals surface area contributed by atoms with Gasteiger partial charge in [-0.3, -0.25) is 14.7 Å². The van der Waals surface area contributed by atoms with Crippen LogP contribution in [0.4, 0.5) is 13.2 Å². The largest absolute Gasteiger partial charge is 0.432 e. The number of halogens is 3. The van der Waals surface area contributed by atoms with Crippen LogP contribution >= 0.6 is 0 Å². The molecule has 30 heavy (non-hydrogen) atoms. The van der Waals surface area contributed by atoms with Crippen molar-refractivity contribution in [2.75, 3.05) is 26.3 Å². The van der Waals surface area contributed by atoms with Gasteiger partial charge < -0.3 is 14.8 Å². The van der Waals surface area contributed by atoms with Crippen molar-refractivity contribution in [2.24, 2.45) is 0 Å². The Balaban J connectivity index is 1.37. The minimum atomic E-state index is -3.12. The average molecular weight is 423 g/mol. The van der Waals surface area contributed by atoms with Crippen LogP contribution in [0.1, 0.15) is 36.0 Å². The maximum atomic E-state index is 14.0. The third-order valence-corrected chi connectivity index (χ3v) is 5.81. The van der Waals surface area contributed by atoms with E-state index in [0.717, 1.165) is 64.1 Å². The lowest BCUT2D eigenvalue weighted by molar-refractivity contribution is -0.0520. The molecule has 0 radical (unpaired) electrons. The summed E-state index contributed by atoms with van der Waals surface area (Å²) in [6.45, 7) is 0.362. The van der Waals surface area contributed by atoms with E-state index >= 15 is 0 Å². The molecule has 2 aromatic rings. The molecule has 1 saturated heterocycles. The number of amides is 1. The van der Waals surface area contributed by atoms with Gasteiger partial charge in [0, 0.05) is 42.8 Å². The van der Waals surface area contributed by atoms with Crippen LogP contribution in [0.15, 0.2) is 24.4 Å². The molecule has 9 heteroatoms. The summed E-state index contributed by atoms with van der Waals surface area (Å²) in [5, 5.41) is 3.38. The number of pyridine rings is 1. The fraction of sp³-hybridized carbons (Fsp3) is 0.524. The summed E-state index contributed by atoms with van der Waals surface area (Å²) in [5.74, 6) is -1.77. The molecule has 4 rings (SSSR count). The molecular weight excluding hydrogens is 399 g/mol. The van der Waals surface area contributed by atoms with Gasteiger partial charge in [-0.2, -0.15) is 8.78 Å². The average Bonchev–Trinajstić information content (AvgIpc) is 2.75. The second-order valence-electron chi connectivity index (χ2n) is 7.71. The number of hydrogen-bond acceptors (Lipinski definition) is 5. The molecule has 1 aromatic heterocycles. The molecule has 0 atom stereocenters. The van der Waals surface area contributed by atoms with E-state index in [9.17, 15) is 18.0 Å². The minimum Gasteiger partial charge on any atom is -0.432 e. The summed E-state index contributed by atoms with van der Waals surface area (Å²) in [7, 11) is 0. The molecule has 0 spiro atoms. The summed E-state index contributed by atoms with van der Waals surface area (Å²) in [6, 6.07) is 4.28. The molecular formula is C21H24F3N3O3. The van der Waals surface area contributed by atoms with Gasteiger partial charge in [-0.05, 0) is 37.8 Å². The standard InChI is InChI=1S/C21H24F3N3O3/c22-17-10-13-9-14(12-25-18(13)11-19(17)30-21(23)24)20(28)26-15-1-3-16(4-2-15)27-5-7-29-8-6-27/h9-12,15-16,21H,1-8H2,(H,26,28). The summed E-state index contributed by atoms with van der Waals surface area (Å²) in [4.78, 5) is 19.2. The first kappa shape index (κ1) is 20.9. The number of rotatable bonds is 5. The van der Waals surface area contributed by atoms with Crippen LogP contribution in [-0.4, -0.2) is 60.8 Å². The molecule has 6 nitrogen and oxygen atoms in total.